The Bertz CT molecular complexity index is 1400. The fourth-order valence-corrected chi connectivity index (χ4v) is 10.1. The highest BCUT2D eigenvalue weighted by Crippen LogP contribution is 2.71. The minimum absolute atomic E-state index is 0.0506. The second kappa shape index (κ2) is 14.1. The molecule has 3 amide bonds. The third-order valence-electron chi connectivity index (χ3n) is 9.68. The molecule has 3 fully saturated rings. The molecule has 5 rings (SSSR count). The van der Waals surface area contributed by atoms with Gasteiger partial charge in [-0.25, -0.2) is 0 Å². The molecule has 0 aromatic heterocycles. The van der Waals surface area contributed by atoms with E-state index < -0.39 is 27.4 Å². The minimum Gasteiger partial charge on any atom is -0.396 e. The van der Waals surface area contributed by atoms with Crippen molar-refractivity contribution in [3.63, 3.8) is 0 Å². The van der Waals surface area contributed by atoms with Crippen molar-refractivity contribution in [1.82, 2.24) is 9.80 Å². The number of rotatable bonds is 15. The molecular formula is C36H44ClN3O4S. The number of fused-ring (bicyclic) bond motifs is 1. The Hall–Kier alpha value is -3.07. The first kappa shape index (κ1) is 33.3. The summed E-state index contributed by atoms with van der Waals surface area (Å²) in [5.74, 6) is -1.45. The van der Waals surface area contributed by atoms with E-state index in [2.05, 4.69) is 20.1 Å². The van der Waals surface area contributed by atoms with Crippen molar-refractivity contribution >= 4 is 46.8 Å². The van der Waals surface area contributed by atoms with Gasteiger partial charge >= 0.3 is 0 Å². The molecule has 3 saturated heterocycles. The predicted molar refractivity (Wildman–Crippen MR) is 182 cm³/mol. The average molecular weight is 650 g/mol. The van der Waals surface area contributed by atoms with Crippen LogP contribution in [0.4, 0.5) is 5.69 Å². The maximum atomic E-state index is 14.8. The van der Waals surface area contributed by atoms with Crippen LogP contribution in [0, 0.1) is 11.8 Å². The quantitative estimate of drug-likeness (QED) is 0.186. The van der Waals surface area contributed by atoms with Crippen molar-refractivity contribution in [3.8, 4) is 0 Å². The Morgan fingerprint density at radius 2 is 1.69 bits per heavy atom. The van der Waals surface area contributed by atoms with E-state index in [-0.39, 0.29) is 30.9 Å². The molecule has 0 saturated carbocycles. The number of unbranched alkanes of at least 4 members (excludes halogenated alkanes) is 3. The lowest BCUT2D eigenvalue weighted by Gasteiger charge is -2.38. The fourth-order valence-electron chi connectivity index (χ4n) is 7.68. The van der Waals surface area contributed by atoms with Crippen molar-refractivity contribution in [2.24, 2.45) is 11.8 Å². The predicted octanol–water partition coefficient (Wildman–Crippen LogP) is 6.11. The van der Waals surface area contributed by atoms with E-state index in [1.807, 2.05) is 47.4 Å². The van der Waals surface area contributed by atoms with Crippen molar-refractivity contribution in [2.75, 3.05) is 31.1 Å². The Labute approximate surface area is 276 Å². The maximum absolute atomic E-state index is 14.8. The molecule has 1 spiro atoms. The van der Waals surface area contributed by atoms with Gasteiger partial charge in [0.25, 0.3) is 5.91 Å². The molecule has 3 aliphatic heterocycles. The SMILES string of the molecule is C=CCN(Cc1ccccc1)C(=O)[C@H]1[C@H]2C(=O)N(CCCCCCO)C(C(=O)N(CC=C)c3ccc(Cl)cc3)C23CC[C@]1(C)S3. The number of anilines is 1. The van der Waals surface area contributed by atoms with E-state index in [9.17, 15) is 19.5 Å². The lowest BCUT2D eigenvalue weighted by atomic mass is 9.66. The molecule has 7 nitrogen and oxygen atoms in total. The molecule has 2 bridgehead atoms. The molecule has 0 radical (unpaired) electrons. The number of nitrogens with zero attached hydrogens (tertiary/aromatic N) is 3. The summed E-state index contributed by atoms with van der Waals surface area (Å²) in [5.41, 5.74) is 1.71. The zero-order valence-corrected chi connectivity index (χ0v) is 27.6. The van der Waals surface area contributed by atoms with Crippen molar-refractivity contribution in [1.29, 1.82) is 0 Å². The van der Waals surface area contributed by atoms with Gasteiger partial charge in [0, 0.05) is 48.2 Å². The number of likely N-dealkylation sites (tertiary alicyclic amines) is 1. The molecular weight excluding hydrogens is 606 g/mol. The van der Waals surface area contributed by atoms with Gasteiger partial charge in [0.2, 0.25) is 11.8 Å². The van der Waals surface area contributed by atoms with E-state index in [0.29, 0.717) is 43.2 Å². The molecule has 240 valence electrons. The highest BCUT2D eigenvalue weighted by atomic mass is 35.5. The van der Waals surface area contributed by atoms with E-state index in [0.717, 1.165) is 31.2 Å². The topological polar surface area (TPSA) is 81.2 Å². The molecule has 3 aliphatic rings. The van der Waals surface area contributed by atoms with Gasteiger partial charge in [-0.1, -0.05) is 66.9 Å². The summed E-state index contributed by atoms with van der Waals surface area (Å²) in [5, 5.41) is 9.83. The smallest absolute Gasteiger partial charge is 0.251 e. The van der Waals surface area contributed by atoms with Crippen LogP contribution in [0.1, 0.15) is 51.0 Å². The van der Waals surface area contributed by atoms with Gasteiger partial charge in [0.15, 0.2) is 0 Å². The standard InChI is InChI=1S/C36H44ClN3O4S/c1-4-21-38(25-26-13-9-8-10-14-26)32(42)29-30-33(43)40(23-11-6-7-12-24-41)31(36(30)20-19-35(29,3)45-36)34(44)39(22-5-2)28-17-15-27(37)16-18-28/h4-5,8-10,13-18,29-31,41H,1-2,6-7,11-12,19-25H2,3H3/t29-,30+,31?,35+,36?/m1/s1. The number of amides is 3. The fraction of sp³-hybridized carbons (Fsp3) is 0.472. The lowest BCUT2D eigenvalue weighted by molar-refractivity contribution is -0.145. The van der Waals surface area contributed by atoms with Gasteiger partial charge in [-0.3, -0.25) is 14.4 Å². The van der Waals surface area contributed by atoms with Gasteiger partial charge in [0.1, 0.15) is 6.04 Å². The van der Waals surface area contributed by atoms with Gasteiger partial charge in [-0.2, -0.15) is 0 Å². The number of hydrogen-bond donors (Lipinski definition) is 1. The first-order chi connectivity index (χ1) is 21.7. The Balaban J connectivity index is 1.52. The monoisotopic (exact) mass is 649 g/mol. The molecule has 2 aromatic rings. The van der Waals surface area contributed by atoms with Crippen LogP contribution < -0.4 is 4.90 Å². The number of benzene rings is 2. The molecule has 0 aliphatic carbocycles. The van der Waals surface area contributed by atoms with Crippen LogP contribution in [-0.4, -0.2) is 74.4 Å². The first-order valence-corrected chi connectivity index (χ1v) is 17.1. The van der Waals surface area contributed by atoms with Crippen molar-refractivity contribution in [2.45, 2.75) is 67.5 Å². The molecule has 3 heterocycles. The number of thioether (sulfide) groups is 1. The van der Waals surface area contributed by atoms with Crippen LogP contribution in [0.25, 0.3) is 0 Å². The average Bonchev–Trinajstić information content (AvgIpc) is 3.60. The van der Waals surface area contributed by atoms with Gasteiger partial charge < -0.3 is 19.8 Å². The van der Waals surface area contributed by atoms with Crippen LogP contribution >= 0.6 is 23.4 Å². The maximum Gasteiger partial charge on any atom is 0.251 e. The van der Waals surface area contributed by atoms with E-state index in [4.69, 9.17) is 11.6 Å². The Morgan fingerprint density at radius 1 is 1.00 bits per heavy atom. The zero-order chi connectivity index (χ0) is 32.2. The van der Waals surface area contributed by atoms with Crippen molar-refractivity contribution < 1.29 is 19.5 Å². The molecule has 2 unspecified atom stereocenters. The van der Waals surface area contributed by atoms with Gasteiger partial charge in [-0.15, -0.1) is 24.9 Å². The summed E-state index contributed by atoms with van der Waals surface area (Å²) < 4.78 is -1.18. The summed E-state index contributed by atoms with van der Waals surface area (Å²) >= 11 is 7.87. The number of halogens is 1. The summed E-state index contributed by atoms with van der Waals surface area (Å²) in [6.07, 6.45) is 7.99. The molecule has 9 heteroatoms. The van der Waals surface area contributed by atoms with E-state index in [1.165, 1.54) is 0 Å². The van der Waals surface area contributed by atoms with Crippen LogP contribution in [0.5, 0.6) is 0 Å². The highest BCUT2D eigenvalue weighted by Gasteiger charge is 2.77. The molecule has 5 atom stereocenters. The molecule has 45 heavy (non-hydrogen) atoms. The highest BCUT2D eigenvalue weighted by molar-refractivity contribution is 8.02. The number of carbonyl (C=O) groups is 3. The second-order valence-corrected chi connectivity index (χ2v) is 14.9. The summed E-state index contributed by atoms with van der Waals surface area (Å²) in [4.78, 5) is 49.3. The number of aliphatic hydroxyl groups is 1. The molecule has 2 aromatic carbocycles. The third kappa shape index (κ3) is 6.34. The number of carbonyl (C=O) groups excluding carboxylic acids is 3. The van der Waals surface area contributed by atoms with Gasteiger partial charge in [0.05, 0.1) is 16.6 Å². The largest absolute Gasteiger partial charge is 0.396 e. The third-order valence-corrected chi connectivity index (χ3v) is 11.9. The number of aliphatic hydroxyl groups excluding tert-OH is 1. The summed E-state index contributed by atoms with van der Waals surface area (Å²) in [6, 6.07) is 16.3. The Morgan fingerprint density at radius 3 is 2.36 bits per heavy atom. The Kier molecular flexibility index (Phi) is 10.5. The van der Waals surface area contributed by atoms with Crippen LogP contribution in [0.3, 0.4) is 0 Å². The van der Waals surface area contributed by atoms with Crippen LogP contribution in [0.15, 0.2) is 79.9 Å². The first-order valence-electron chi connectivity index (χ1n) is 15.9. The summed E-state index contributed by atoms with van der Waals surface area (Å²) in [7, 11) is 0. The van der Waals surface area contributed by atoms with Crippen molar-refractivity contribution in [3.05, 3.63) is 90.5 Å². The number of hydrogen-bond acceptors (Lipinski definition) is 5. The molecule has 1 N–H and O–H groups in total. The second-order valence-electron chi connectivity index (χ2n) is 12.6. The van der Waals surface area contributed by atoms with Crippen LogP contribution in [-0.2, 0) is 20.9 Å². The van der Waals surface area contributed by atoms with Crippen LogP contribution in [0.2, 0.25) is 5.02 Å². The van der Waals surface area contributed by atoms with E-state index in [1.54, 1.807) is 45.8 Å². The normalized spacial score (nSPS) is 26.5. The van der Waals surface area contributed by atoms with Gasteiger partial charge in [-0.05, 0) is 62.4 Å². The minimum atomic E-state index is -0.715. The lowest BCUT2D eigenvalue weighted by Crippen LogP contribution is -2.55. The summed E-state index contributed by atoms with van der Waals surface area (Å²) in [6.45, 7) is 11.6. The zero-order valence-electron chi connectivity index (χ0n) is 26.1. The van der Waals surface area contributed by atoms with E-state index >= 15 is 0 Å².